The molecule has 27 heavy (non-hydrogen) atoms. The minimum absolute atomic E-state index is 0.188. The van der Waals surface area contributed by atoms with Crippen LogP contribution in [0.5, 0.6) is 0 Å². The molecule has 0 aliphatic carbocycles. The molecule has 1 aromatic rings. The van der Waals surface area contributed by atoms with Crippen molar-refractivity contribution in [1.29, 1.82) is 0 Å². The van der Waals surface area contributed by atoms with Gasteiger partial charge >= 0.3 is 6.03 Å². The highest BCUT2D eigenvalue weighted by molar-refractivity contribution is 6.04. The first-order valence-electron chi connectivity index (χ1n) is 9.47. The van der Waals surface area contributed by atoms with Crippen LogP contribution in [0.4, 0.5) is 4.79 Å². The van der Waals surface area contributed by atoms with Crippen molar-refractivity contribution in [2.24, 2.45) is 4.99 Å². The predicted molar refractivity (Wildman–Crippen MR) is 102 cm³/mol. The quantitative estimate of drug-likeness (QED) is 0.802. The van der Waals surface area contributed by atoms with E-state index in [4.69, 9.17) is 4.99 Å². The highest BCUT2D eigenvalue weighted by atomic mass is 16.2. The Bertz CT molecular complexity index is 819. The Kier molecular flexibility index (Phi) is 4.37. The van der Waals surface area contributed by atoms with Gasteiger partial charge in [-0.25, -0.2) is 9.79 Å². The van der Waals surface area contributed by atoms with Crippen molar-refractivity contribution in [3.8, 4) is 0 Å². The first kappa shape index (κ1) is 17.6. The number of amides is 3. The van der Waals surface area contributed by atoms with Crippen molar-refractivity contribution in [3.05, 3.63) is 47.8 Å². The summed E-state index contributed by atoms with van der Waals surface area (Å²) in [5.41, 5.74) is 2.02. The van der Waals surface area contributed by atoms with E-state index in [1.165, 1.54) is 4.90 Å². The lowest BCUT2D eigenvalue weighted by Crippen LogP contribution is -2.63. The lowest BCUT2D eigenvalue weighted by molar-refractivity contribution is -0.137. The number of carbonyl (C=O) groups is 2. The van der Waals surface area contributed by atoms with E-state index in [0.29, 0.717) is 0 Å². The second-order valence-corrected chi connectivity index (χ2v) is 7.27. The number of imide groups is 1. The van der Waals surface area contributed by atoms with E-state index in [9.17, 15) is 9.59 Å². The standard InChI is InChI=1S/C20H25N5O2/c1-4-5-11-23-14(2)12-24-16-17(21-19(23)24)22(3)20(27)25(18(16)26)13-15-9-7-6-8-10-15/h6-10,12,16-17H,4-5,11,13H2,1-3H3. The first-order valence-corrected chi connectivity index (χ1v) is 9.47. The minimum Gasteiger partial charge on any atom is -0.315 e. The van der Waals surface area contributed by atoms with Crippen LogP contribution in [0.15, 0.2) is 47.2 Å². The summed E-state index contributed by atoms with van der Waals surface area (Å²) in [5.74, 6) is 0.595. The Morgan fingerprint density at radius 3 is 2.56 bits per heavy atom. The average Bonchev–Trinajstić information content (AvgIpc) is 3.18. The molecule has 1 aromatic carbocycles. The molecule has 0 aromatic heterocycles. The molecular formula is C20H25N5O2. The van der Waals surface area contributed by atoms with E-state index in [0.717, 1.165) is 36.6 Å². The zero-order valence-corrected chi connectivity index (χ0v) is 16.0. The summed E-state index contributed by atoms with van der Waals surface area (Å²) in [6, 6.07) is 8.81. The van der Waals surface area contributed by atoms with Gasteiger partial charge in [0.25, 0.3) is 5.91 Å². The summed E-state index contributed by atoms with van der Waals surface area (Å²) < 4.78 is 0. The fraction of sp³-hybridized carbons (Fsp3) is 0.450. The van der Waals surface area contributed by atoms with Gasteiger partial charge in [-0.2, -0.15) is 0 Å². The summed E-state index contributed by atoms with van der Waals surface area (Å²) in [7, 11) is 1.73. The molecule has 142 valence electrons. The number of nitrogens with zero attached hydrogens (tertiary/aromatic N) is 5. The molecule has 7 nitrogen and oxygen atoms in total. The summed E-state index contributed by atoms with van der Waals surface area (Å²) >= 11 is 0. The minimum atomic E-state index is -0.493. The smallest absolute Gasteiger partial charge is 0.315 e. The molecule has 2 unspecified atom stereocenters. The van der Waals surface area contributed by atoms with Gasteiger partial charge in [0.2, 0.25) is 5.96 Å². The van der Waals surface area contributed by atoms with Gasteiger partial charge in [-0.3, -0.25) is 9.69 Å². The van der Waals surface area contributed by atoms with Gasteiger partial charge in [-0.1, -0.05) is 43.7 Å². The number of urea groups is 1. The predicted octanol–water partition coefficient (Wildman–Crippen LogP) is 2.42. The van der Waals surface area contributed by atoms with E-state index in [2.05, 4.69) is 11.8 Å². The number of hydrogen-bond donors (Lipinski definition) is 0. The van der Waals surface area contributed by atoms with Crippen molar-refractivity contribution >= 4 is 17.9 Å². The zero-order chi connectivity index (χ0) is 19.1. The van der Waals surface area contributed by atoms with Crippen LogP contribution < -0.4 is 0 Å². The second-order valence-electron chi connectivity index (χ2n) is 7.27. The van der Waals surface area contributed by atoms with Crippen molar-refractivity contribution < 1.29 is 9.59 Å². The summed E-state index contributed by atoms with van der Waals surface area (Å²) in [5, 5.41) is 0. The highest BCUT2D eigenvalue weighted by Crippen LogP contribution is 2.34. The monoisotopic (exact) mass is 367 g/mol. The molecule has 0 radical (unpaired) electrons. The maximum Gasteiger partial charge on any atom is 0.328 e. The van der Waals surface area contributed by atoms with Crippen molar-refractivity contribution in [2.45, 2.75) is 45.4 Å². The van der Waals surface area contributed by atoms with Gasteiger partial charge in [-0.05, 0) is 18.9 Å². The number of fused-ring (bicyclic) bond motifs is 3. The van der Waals surface area contributed by atoms with Crippen LogP contribution in [0, 0.1) is 0 Å². The molecule has 3 aliphatic heterocycles. The fourth-order valence-corrected chi connectivity index (χ4v) is 3.91. The number of guanidine groups is 1. The van der Waals surface area contributed by atoms with E-state index in [1.807, 2.05) is 48.4 Å². The summed E-state index contributed by atoms with van der Waals surface area (Å²) in [6.45, 7) is 5.33. The number of benzene rings is 1. The summed E-state index contributed by atoms with van der Waals surface area (Å²) in [6.07, 6.45) is 3.66. The summed E-state index contributed by atoms with van der Waals surface area (Å²) in [4.78, 5) is 37.9. The molecular weight excluding hydrogens is 342 g/mol. The molecule has 2 atom stereocenters. The number of aliphatic imine (C=N–C) groups is 1. The molecule has 0 saturated carbocycles. The number of hydrogen-bond acceptors (Lipinski definition) is 5. The number of allylic oxidation sites excluding steroid dienone is 1. The van der Waals surface area contributed by atoms with Gasteiger partial charge in [0, 0.05) is 25.5 Å². The molecule has 4 rings (SSSR count). The molecule has 0 N–H and O–H groups in total. The molecule has 3 amide bonds. The van der Waals surface area contributed by atoms with E-state index in [1.54, 1.807) is 11.9 Å². The molecule has 7 heteroatoms. The molecule has 0 spiro atoms. The topological polar surface area (TPSA) is 59.5 Å². The van der Waals surface area contributed by atoms with Crippen molar-refractivity contribution in [2.75, 3.05) is 13.6 Å². The van der Waals surface area contributed by atoms with E-state index < -0.39 is 12.2 Å². The Balaban J connectivity index is 1.61. The molecule has 1 fully saturated rings. The molecule has 0 bridgehead atoms. The van der Waals surface area contributed by atoms with Gasteiger partial charge < -0.3 is 14.7 Å². The largest absolute Gasteiger partial charge is 0.328 e. The van der Waals surface area contributed by atoms with Crippen LogP contribution >= 0.6 is 0 Å². The van der Waals surface area contributed by atoms with Crippen LogP contribution in [0.3, 0.4) is 0 Å². The molecule has 1 saturated heterocycles. The molecule has 3 heterocycles. The third kappa shape index (κ3) is 2.78. The third-order valence-electron chi connectivity index (χ3n) is 5.42. The number of carbonyl (C=O) groups excluding carboxylic acids is 2. The van der Waals surface area contributed by atoms with Crippen LogP contribution in [0.1, 0.15) is 32.3 Å². The zero-order valence-electron chi connectivity index (χ0n) is 16.0. The van der Waals surface area contributed by atoms with Gasteiger partial charge in [0.1, 0.15) is 0 Å². The Hall–Kier alpha value is -2.83. The maximum atomic E-state index is 13.3. The number of rotatable bonds is 5. The Labute approximate surface area is 159 Å². The van der Waals surface area contributed by atoms with Crippen LogP contribution in [0.25, 0.3) is 0 Å². The van der Waals surface area contributed by atoms with Gasteiger partial charge in [0.05, 0.1) is 6.54 Å². The van der Waals surface area contributed by atoms with Crippen LogP contribution in [0.2, 0.25) is 0 Å². The van der Waals surface area contributed by atoms with Crippen LogP contribution in [-0.2, 0) is 11.3 Å². The van der Waals surface area contributed by atoms with Crippen molar-refractivity contribution in [3.63, 3.8) is 0 Å². The van der Waals surface area contributed by atoms with Gasteiger partial charge in [-0.15, -0.1) is 0 Å². The SMILES string of the molecule is CCCCN1C(C)=CN2C1=NC1C2C(=O)N(Cc2ccccc2)C(=O)N1C. The van der Waals surface area contributed by atoms with E-state index in [-0.39, 0.29) is 18.5 Å². The number of likely N-dealkylation sites (N-methyl/N-ethyl adjacent to an activating group) is 1. The third-order valence-corrected chi connectivity index (χ3v) is 5.42. The average molecular weight is 367 g/mol. The highest BCUT2D eigenvalue weighted by Gasteiger charge is 2.54. The Morgan fingerprint density at radius 1 is 1.11 bits per heavy atom. The normalized spacial score (nSPS) is 24.3. The number of unbranched alkanes of at least 4 members (excludes halogenated alkanes) is 1. The lowest BCUT2D eigenvalue weighted by Gasteiger charge is -2.40. The first-order chi connectivity index (χ1) is 13.0. The van der Waals surface area contributed by atoms with E-state index >= 15 is 0 Å². The molecule has 3 aliphatic rings. The second kappa shape index (κ2) is 6.72. The van der Waals surface area contributed by atoms with Crippen LogP contribution in [-0.4, -0.2) is 63.3 Å². The maximum absolute atomic E-state index is 13.3. The fourth-order valence-electron chi connectivity index (χ4n) is 3.91. The Morgan fingerprint density at radius 2 is 1.85 bits per heavy atom. The van der Waals surface area contributed by atoms with Gasteiger partial charge in [0.15, 0.2) is 12.2 Å². The lowest BCUT2D eigenvalue weighted by atomic mass is 10.1. The van der Waals surface area contributed by atoms with Crippen molar-refractivity contribution in [1.82, 2.24) is 19.6 Å².